The SMILES string of the molecule is Cn1c(SCc2ccc(C(C)(F)P(=O)(O)O)c(Br)c2)nnc1C1=CC=CC1. The summed E-state index contributed by atoms with van der Waals surface area (Å²) in [6, 6.07) is 4.72. The summed E-state index contributed by atoms with van der Waals surface area (Å²) in [6.45, 7) is 0.885. The van der Waals surface area contributed by atoms with Crippen molar-refractivity contribution in [2.45, 2.75) is 29.7 Å². The zero-order chi connectivity index (χ0) is 19.8. The van der Waals surface area contributed by atoms with E-state index in [1.54, 1.807) is 12.1 Å². The van der Waals surface area contributed by atoms with E-state index < -0.39 is 13.0 Å². The van der Waals surface area contributed by atoms with Crippen molar-refractivity contribution in [3.8, 4) is 0 Å². The highest BCUT2D eigenvalue weighted by molar-refractivity contribution is 9.10. The zero-order valence-corrected chi connectivity index (χ0v) is 17.9. The van der Waals surface area contributed by atoms with Gasteiger partial charge in [0, 0.05) is 28.4 Å². The molecule has 1 atom stereocenters. The Morgan fingerprint density at radius 1 is 1.41 bits per heavy atom. The van der Waals surface area contributed by atoms with E-state index in [-0.39, 0.29) is 5.56 Å². The fourth-order valence-electron chi connectivity index (χ4n) is 2.66. The first kappa shape index (κ1) is 20.5. The van der Waals surface area contributed by atoms with Crippen LogP contribution in [0.25, 0.3) is 5.57 Å². The lowest BCUT2D eigenvalue weighted by Gasteiger charge is -2.23. The molecule has 1 aliphatic rings. The molecule has 0 saturated heterocycles. The summed E-state index contributed by atoms with van der Waals surface area (Å²) in [7, 11) is -3.04. The molecule has 0 amide bonds. The molecular weight excluding hydrogens is 456 g/mol. The van der Waals surface area contributed by atoms with E-state index in [1.807, 2.05) is 23.8 Å². The maximum atomic E-state index is 14.5. The molecule has 1 heterocycles. The lowest BCUT2D eigenvalue weighted by molar-refractivity contribution is 0.221. The van der Waals surface area contributed by atoms with Gasteiger partial charge in [0.05, 0.1) is 0 Å². The van der Waals surface area contributed by atoms with Crippen molar-refractivity contribution < 1.29 is 18.7 Å². The maximum absolute atomic E-state index is 14.5. The molecule has 0 spiro atoms. The van der Waals surface area contributed by atoms with E-state index in [9.17, 15) is 18.7 Å². The lowest BCUT2D eigenvalue weighted by Crippen LogP contribution is -2.16. The molecule has 0 saturated carbocycles. The summed E-state index contributed by atoms with van der Waals surface area (Å²) < 4.78 is 28.2. The first-order valence-electron chi connectivity index (χ1n) is 8.03. The van der Waals surface area contributed by atoms with Crippen molar-refractivity contribution in [2.75, 3.05) is 0 Å². The third-order valence-corrected chi connectivity index (χ3v) is 7.42. The second-order valence-electron chi connectivity index (χ2n) is 6.29. The summed E-state index contributed by atoms with van der Waals surface area (Å²) in [6.07, 6.45) is 6.91. The van der Waals surface area contributed by atoms with Crippen molar-refractivity contribution in [1.82, 2.24) is 14.8 Å². The topological polar surface area (TPSA) is 88.2 Å². The molecule has 1 aromatic heterocycles. The number of nitrogens with zero attached hydrogens (tertiary/aromatic N) is 3. The minimum atomic E-state index is -4.94. The highest BCUT2D eigenvalue weighted by Crippen LogP contribution is 2.59. The Labute approximate surface area is 168 Å². The number of allylic oxidation sites excluding steroid dienone is 4. The molecule has 6 nitrogen and oxygen atoms in total. The van der Waals surface area contributed by atoms with Crippen molar-refractivity contribution in [2.24, 2.45) is 7.05 Å². The Morgan fingerprint density at radius 2 is 2.15 bits per heavy atom. The van der Waals surface area contributed by atoms with Crippen molar-refractivity contribution in [3.63, 3.8) is 0 Å². The van der Waals surface area contributed by atoms with Gasteiger partial charge in [0.2, 0.25) is 5.41 Å². The summed E-state index contributed by atoms with van der Waals surface area (Å²) >= 11 is 4.71. The molecule has 3 rings (SSSR count). The van der Waals surface area contributed by atoms with E-state index in [0.717, 1.165) is 35.5 Å². The molecular formula is C17H18BrFN3O3PS. The number of thioether (sulfide) groups is 1. The highest BCUT2D eigenvalue weighted by atomic mass is 79.9. The summed E-state index contributed by atoms with van der Waals surface area (Å²) in [4.78, 5) is 18.5. The highest BCUT2D eigenvalue weighted by Gasteiger charge is 2.45. The monoisotopic (exact) mass is 473 g/mol. The first-order valence-corrected chi connectivity index (χ1v) is 11.4. The van der Waals surface area contributed by atoms with Gasteiger partial charge in [0.1, 0.15) is 0 Å². The predicted octanol–water partition coefficient (Wildman–Crippen LogP) is 4.53. The van der Waals surface area contributed by atoms with Crippen molar-refractivity contribution in [1.29, 1.82) is 0 Å². The number of halogens is 2. The largest absolute Gasteiger partial charge is 0.366 e. The van der Waals surface area contributed by atoms with E-state index >= 15 is 0 Å². The van der Waals surface area contributed by atoms with Gasteiger partial charge in [0.25, 0.3) is 0 Å². The van der Waals surface area contributed by atoms with Crippen LogP contribution in [-0.4, -0.2) is 24.6 Å². The van der Waals surface area contributed by atoms with Crippen LogP contribution in [0.2, 0.25) is 0 Å². The van der Waals surface area contributed by atoms with Crippen LogP contribution in [0.3, 0.4) is 0 Å². The standard InChI is InChI=1S/C17H18BrFN3O3PS/c1-17(19,26(23,24)25)13-8-7-11(9-14(13)18)10-27-16-21-20-15(22(16)2)12-5-3-4-6-12/h3-5,7-9H,6,10H2,1-2H3,(H2,23,24,25). The smallest absolute Gasteiger partial charge is 0.322 e. The molecule has 1 aliphatic carbocycles. The van der Waals surface area contributed by atoms with Gasteiger partial charge in [-0.1, -0.05) is 58.1 Å². The van der Waals surface area contributed by atoms with Crippen LogP contribution in [0.4, 0.5) is 4.39 Å². The molecule has 10 heteroatoms. The van der Waals surface area contributed by atoms with E-state index in [1.165, 1.54) is 17.8 Å². The summed E-state index contributed by atoms with van der Waals surface area (Å²) in [5, 5.41) is 6.46. The van der Waals surface area contributed by atoms with Crippen molar-refractivity contribution >= 4 is 40.9 Å². The lowest BCUT2D eigenvalue weighted by atomic mass is 10.1. The van der Waals surface area contributed by atoms with Crippen LogP contribution in [0, 0.1) is 0 Å². The number of hydrogen-bond acceptors (Lipinski definition) is 4. The Hall–Kier alpha value is -1.25. The Morgan fingerprint density at radius 3 is 2.74 bits per heavy atom. The van der Waals surface area contributed by atoms with E-state index in [0.29, 0.717) is 10.2 Å². The number of rotatable bonds is 6. The number of aromatic nitrogens is 3. The zero-order valence-electron chi connectivity index (χ0n) is 14.6. The minimum Gasteiger partial charge on any atom is -0.322 e. The van der Waals surface area contributed by atoms with Gasteiger partial charge in [-0.05, 0) is 25.0 Å². The maximum Gasteiger partial charge on any atom is 0.366 e. The number of hydrogen-bond donors (Lipinski definition) is 2. The normalized spacial score (nSPS) is 16.4. The van der Waals surface area contributed by atoms with E-state index in [4.69, 9.17) is 0 Å². The third-order valence-electron chi connectivity index (χ3n) is 4.33. The van der Waals surface area contributed by atoms with Gasteiger partial charge in [0.15, 0.2) is 11.0 Å². The predicted molar refractivity (Wildman–Crippen MR) is 107 cm³/mol. The second-order valence-corrected chi connectivity index (χ2v) is 10.0. The average molecular weight is 474 g/mol. The fraction of sp³-hybridized carbons (Fsp3) is 0.294. The molecule has 0 bridgehead atoms. The number of benzene rings is 1. The minimum absolute atomic E-state index is 0.0776. The third kappa shape index (κ3) is 4.12. The molecule has 0 aliphatic heterocycles. The average Bonchev–Trinajstić information content (AvgIpc) is 3.21. The first-order chi connectivity index (χ1) is 12.6. The van der Waals surface area contributed by atoms with Gasteiger partial charge in [-0.15, -0.1) is 10.2 Å². The van der Waals surface area contributed by atoms with Gasteiger partial charge in [-0.2, -0.15) is 0 Å². The van der Waals surface area contributed by atoms with Crippen molar-refractivity contribution in [3.05, 3.63) is 57.9 Å². The number of alkyl halides is 1. The van der Waals surface area contributed by atoms with Crippen LogP contribution < -0.4 is 0 Å². The molecule has 144 valence electrons. The van der Waals surface area contributed by atoms with Gasteiger partial charge < -0.3 is 14.4 Å². The Balaban J connectivity index is 1.75. The Bertz CT molecular complexity index is 984. The van der Waals surface area contributed by atoms with Crippen LogP contribution in [-0.2, 0) is 22.8 Å². The summed E-state index contributed by atoms with van der Waals surface area (Å²) in [5.74, 6) is 1.38. The molecule has 1 aromatic carbocycles. The quantitative estimate of drug-likeness (QED) is 0.473. The van der Waals surface area contributed by atoms with Gasteiger partial charge in [-0.25, -0.2) is 4.39 Å². The second kappa shape index (κ2) is 7.64. The molecule has 2 N–H and O–H groups in total. The van der Waals surface area contributed by atoms with Gasteiger partial charge in [-0.3, -0.25) is 4.57 Å². The molecule has 2 aromatic rings. The molecule has 0 radical (unpaired) electrons. The summed E-state index contributed by atoms with van der Waals surface area (Å²) in [5.41, 5.74) is 1.90. The molecule has 1 unspecified atom stereocenters. The van der Waals surface area contributed by atoms with Crippen LogP contribution >= 0.6 is 35.3 Å². The van der Waals surface area contributed by atoms with Gasteiger partial charge >= 0.3 is 7.60 Å². The van der Waals surface area contributed by atoms with Crippen LogP contribution in [0.5, 0.6) is 0 Å². The molecule has 0 fully saturated rings. The van der Waals surface area contributed by atoms with Crippen LogP contribution in [0.15, 0.2) is 46.1 Å². The van der Waals surface area contributed by atoms with Crippen LogP contribution in [0.1, 0.15) is 30.3 Å². The fourth-order valence-corrected chi connectivity index (χ4v) is 4.97. The molecule has 27 heavy (non-hydrogen) atoms. The van der Waals surface area contributed by atoms with E-state index in [2.05, 4.69) is 32.2 Å². The Kier molecular flexibility index (Phi) is 5.80.